The molecule has 5 heteroatoms. The second kappa shape index (κ2) is 5.23. The lowest BCUT2D eigenvalue weighted by Gasteiger charge is -1.99. The molecule has 1 aromatic heterocycles. The summed E-state index contributed by atoms with van der Waals surface area (Å²) in [7, 11) is 0. The summed E-state index contributed by atoms with van der Waals surface area (Å²) in [6, 6.07) is 7.51. The number of aryl methyl sites for hydroxylation is 3. The van der Waals surface area contributed by atoms with Gasteiger partial charge in [-0.15, -0.1) is 0 Å². The molecule has 1 heterocycles. The van der Waals surface area contributed by atoms with Gasteiger partial charge in [-0.3, -0.25) is 0 Å². The summed E-state index contributed by atoms with van der Waals surface area (Å²) in [5.74, 6) is -0.741. The van der Waals surface area contributed by atoms with E-state index in [9.17, 15) is 4.79 Å². The Morgan fingerprint density at radius 1 is 1.44 bits per heavy atom. The molecular formula is C13H12ClNO3. The van der Waals surface area contributed by atoms with Gasteiger partial charge in [0.05, 0.1) is 5.69 Å². The highest BCUT2D eigenvalue weighted by molar-refractivity contribution is 6.30. The lowest BCUT2D eigenvalue weighted by Crippen LogP contribution is -1.95. The van der Waals surface area contributed by atoms with Crippen molar-refractivity contribution in [1.82, 2.24) is 4.98 Å². The molecule has 0 radical (unpaired) electrons. The minimum absolute atomic E-state index is 0.0869. The summed E-state index contributed by atoms with van der Waals surface area (Å²) >= 11 is 5.88. The lowest BCUT2D eigenvalue weighted by molar-refractivity contribution is 0.0659. The summed E-state index contributed by atoms with van der Waals surface area (Å²) in [6.07, 6.45) is 1.26. The molecule has 0 aliphatic carbocycles. The van der Waals surface area contributed by atoms with E-state index in [2.05, 4.69) is 4.98 Å². The van der Waals surface area contributed by atoms with Crippen molar-refractivity contribution < 1.29 is 14.3 Å². The molecule has 1 N–H and O–H groups in total. The van der Waals surface area contributed by atoms with Crippen LogP contribution in [0.4, 0.5) is 0 Å². The predicted octanol–water partition coefficient (Wildman–Crippen LogP) is 3.12. The number of benzene rings is 1. The molecule has 94 valence electrons. The Kier molecular flexibility index (Phi) is 3.67. The van der Waals surface area contributed by atoms with Gasteiger partial charge in [0.1, 0.15) is 0 Å². The first-order chi connectivity index (χ1) is 8.56. The van der Waals surface area contributed by atoms with Crippen molar-refractivity contribution >= 4 is 17.6 Å². The molecule has 0 unspecified atom stereocenters. The molecule has 1 aromatic carbocycles. The molecule has 0 amide bonds. The maximum atomic E-state index is 10.8. The third-order valence-electron chi connectivity index (χ3n) is 2.55. The van der Waals surface area contributed by atoms with Gasteiger partial charge in [-0.05, 0) is 31.0 Å². The topological polar surface area (TPSA) is 63.3 Å². The van der Waals surface area contributed by atoms with Crippen LogP contribution in [0.5, 0.6) is 0 Å². The Labute approximate surface area is 109 Å². The van der Waals surface area contributed by atoms with Crippen LogP contribution in [0.15, 0.2) is 28.7 Å². The number of aromatic carboxylic acids is 1. The van der Waals surface area contributed by atoms with E-state index in [0.29, 0.717) is 29.4 Å². The fourth-order valence-corrected chi connectivity index (χ4v) is 1.91. The third-order valence-corrected chi connectivity index (χ3v) is 2.79. The largest absolute Gasteiger partial charge is 0.475 e. The van der Waals surface area contributed by atoms with Gasteiger partial charge in [-0.1, -0.05) is 23.7 Å². The van der Waals surface area contributed by atoms with E-state index in [-0.39, 0.29) is 5.76 Å². The second-order valence-corrected chi connectivity index (χ2v) is 4.39. The predicted molar refractivity (Wildman–Crippen MR) is 67.1 cm³/mol. The van der Waals surface area contributed by atoms with Crippen LogP contribution >= 0.6 is 11.6 Å². The van der Waals surface area contributed by atoms with Crippen molar-refractivity contribution in [2.24, 2.45) is 0 Å². The molecule has 2 aromatic rings. The molecule has 0 saturated carbocycles. The minimum atomic E-state index is -1.09. The summed E-state index contributed by atoms with van der Waals surface area (Å²) in [4.78, 5) is 14.9. The van der Waals surface area contributed by atoms with E-state index >= 15 is 0 Å². The van der Waals surface area contributed by atoms with E-state index in [4.69, 9.17) is 21.1 Å². The van der Waals surface area contributed by atoms with Gasteiger partial charge in [0, 0.05) is 11.4 Å². The molecule has 18 heavy (non-hydrogen) atoms. The van der Waals surface area contributed by atoms with Crippen LogP contribution in [0.3, 0.4) is 0 Å². The van der Waals surface area contributed by atoms with Crippen LogP contribution in [0.2, 0.25) is 5.02 Å². The summed E-state index contributed by atoms with van der Waals surface area (Å²) < 4.78 is 5.18. The van der Waals surface area contributed by atoms with Crippen LogP contribution in [0.1, 0.15) is 27.7 Å². The minimum Gasteiger partial charge on any atom is -0.475 e. The van der Waals surface area contributed by atoms with Crippen molar-refractivity contribution in [2.75, 3.05) is 0 Å². The average Bonchev–Trinajstić information content (AvgIpc) is 2.68. The third kappa shape index (κ3) is 2.90. The number of hydrogen-bond donors (Lipinski definition) is 1. The van der Waals surface area contributed by atoms with Gasteiger partial charge in [-0.2, -0.15) is 0 Å². The Bertz CT molecular complexity index is 577. The van der Waals surface area contributed by atoms with E-state index < -0.39 is 5.97 Å². The number of oxazole rings is 1. The van der Waals surface area contributed by atoms with E-state index in [1.165, 1.54) is 0 Å². The molecule has 4 nitrogen and oxygen atoms in total. The zero-order valence-electron chi connectivity index (χ0n) is 9.81. The first-order valence-electron chi connectivity index (χ1n) is 5.50. The number of carbonyl (C=O) groups is 1. The van der Waals surface area contributed by atoms with Gasteiger partial charge in [-0.25, -0.2) is 9.78 Å². The quantitative estimate of drug-likeness (QED) is 0.922. The van der Waals surface area contributed by atoms with Crippen LogP contribution < -0.4 is 0 Å². The Balaban J connectivity index is 2.06. The number of halogens is 1. The Hall–Kier alpha value is -1.81. The molecule has 0 aliphatic rings. The highest BCUT2D eigenvalue weighted by atomic mass is 35.5. The van der Waals surface area contributed by atoms with E-state index in [1.54, 1.807) is 6.92 Å². The average molecular weight is 266 g/mol. The number of aromatic nitrogens is 1. The van der Waals surface area contributed by atoms with Gasteiger partial charge in [0.25, 0.3) is 0 Å². The number of nitrogens with zero attached hydrogens (tertiary/aromatic N) is 1. The number of rotatable bonds is 4. The molecular weight excluding hydrogens is 254 g/mol. The Morgan fingerprint density at radius 3 is 2.83 bits per heavy atom. The maximum absolute atomic E-state index is 10.8. The SMILES string of the molecule is Cc1nc(CCc2cccc(Cl)c2)oc1C(=O)O. The van der Waals surface area contributed by atoms with Crippen molar-refractivity contribution in [1.29, 1.82) is 0 Å². The second-order valence-electron chi connectivity index (χ2n) is 3.96. The van der Waals surface area contributed by atoms with Crippen molar-refractivity contribution in [3.8, 4) is 0 Å². The first-order valence-corrected chi connectivity index (χ1v) is 5.88. The van der Waals surface area contributed by atoms with Gasteiger partial charge in [0.15, 0.2) is 5.89 Å². The molecule has 0 saturated heterocycles. The lowest BCUT2D eigenvalue weighted by atomic mass is 10.1. The fourth-order valence-electron chi connectivity index (χ4n) is 1.70. The number of hydrogen-bond acceptors (Lipinski definition) is 3. The highest BCUT2D eigenvalue weighted by Gasteiger charge is 2.15. The van der Waals surface area contributed by atoms with Crippen LogP contribution in [-0.2, 0) is 12.8 Å². The van der Waals surface area contributed by atoms with E-state index in [1.807, 2.05) is 24.3 Å². The molecule has 0 aliphatic heterocycles. The molecule has 0 fully saturated rings. The van der Waals surface area contributed by atoms with Gasteiger partial charge < -0.3 is 9.52 Å². The van der Waals surface area contributed by atoms with Gasteiger partial charge >= 0.3 is 5.97 Å². The maximum Gasteiger partial charge on any atom is 0.373 e. The van der Waals surface area contributed by atoms with Crippen LogP contribution in [-0.4, -0.2) is 16.1 Å². The normalized spacial score (nSPS) is 10.6. The smallest absolute Gasteiger partial charge is 0.373 e. The summed E-state index contributed by atoms with van der Waals surface area (Å²) in [6.45, 7) is 1.62. The number of carboxylic acid groups (broad SMARTS) is 1. The zero-order valence-corrected chi connectivity index (χ0v) is 10.6. The van der Waals surface area contributed by atoms with Gasteiger partial charge in [0.2, 0.25) is 5.76 Å². The van der Waals surface area contributed by atoms with Crippen LogP contribution in [0.25, 0.3) is 0 Å². The molecule has 2 rings (SSSR count). The number of carboxylic acids is 1. The molecule has 0 bridgehead atoms. The monoisotopic (exact) mass is 265 g/mol. The standard InChI is InChI=1S/C13H12ClNO3/c1-8-12(13(16)17)18-11(15-8)6-5-9-3-2-4-10(14)7-9/h2-4,7H,5-6H2,1H3,(H,16,17). The Morgan fingerprint density at radius 2 is 2.22 bits per heavy atom. The molecule has 0 spiro atoms. The zero-order chi connectivity index (χ0) is 13.1. The summed E-state index contributed by atoms with van der Waals surface area (Å²) in [5.41, 5.74) is 1.47. The van der Waals surface area contributed by atoms with Crippen LogP contribution in [0, 0.1) is 6.92 Å². The van der Waals surface area contributed by atoms with Crippen molar-refractivity contribution in [2.45, 2.75) is 19.8 Å². The highest BCUT2D eigenvalue weighted by Crippen LogP contribution is 2.15. The molecule has 0 atom stereocenters. The summed E-state index contributed by atoms with van der Waals surface area (Å²) in [5, 5.41) is 9.53. The van der Waals surface area contributed by atoms with Crippen molar-refractivity contribution in [3.05, 3.63) is 52.2 Å². The first kappa shape index (κ1) is 12.6. The van der Waals surface area contributed by atoms with E-state index in [0.717, 1.165) is 5.56 Å². The fraction of sp³-hybridized carbons (Fsp3) is 0.231. The van der Waals surface area contributed by atoms with Crippen molar-refractivity contribution in [3.63, 3.8) is 0 Å².